The SMILES string of the molecule is NC1CCC(C(=O)N(CCO)CCO)CC1. The Balaban J connectivity index is 2.46. The number of nitrogens with zero attached hydrogens (tertiary/aromatic N) is 1. The fraction of sp³-hybridized carbons (Fsp3) is 0.909. The number of aliphatic hydroxyl groups excluding tert-OH is 2. The van der Waals surface area contributed by atoms with Crippen molar-refractivity contribution in [2.45, 2.75) is 31.7 Å². The molecule has 0 radical (unpaired) electrons. The second-order valence-electron chi connectivity index (χ2n) is 4.38. The number of amides is 1. The van der Waals surface area contributed by atoms with Gasteiger partial charge in [0.2, 0.25) is 5.91 Å². The molecule has 0 aromatic rings. The van der Waals surface area contributed by atoms with Crippen molar-refractivity contribution in [3.05, 3.63) is 0 Å². The first kappa shape index (κ1) is 13.4. The second kappa shape index (κ2) is 6.83. The summed E-state index contributed by atoms with van der Waals surface area (Å²) in [6, 6.07) is 0.230. The van der Waals surface area contributed by atoms with Gasteiger partial charge in [0.15, 0.2) is 0 Å². The number of carbonyl (C=O) groups is 1. The van der Waals surface area contributed by atoms with Crippen LogP contribution in [-0.4, -0.2) is 53.4 Å². The standard InChI is InChI=1S/C11H22N2O3/c12-10-3-1-9(2-4-10)11(16)13(5-7-14)6-8-15/h9-10,14-15H,1-8,12H2. The Labute approximate surface area is 96.2 Å². The van der Waals surface area contributed by atoms with E-state index in [1.54, 1.807) is 4.90 Å². The molecule has 0 bridgehead atoms. The molecule has 0 saturated heterocycles. The van der Waals surface area contributed by atoms with Gasteiger partial charge in [0.05, 0.1) is 13.2 Å². The Hall–Kier alpha value is -0.650. The number of aliphatic hydroxyl groups is 2. The maximum Gasteiger partial charge on any atom is 0.225 e. The first-order valence-electron chi connectivity index (χ1n) is 5.95. The van der Waals surface area contributed by atoms with Gasteiger partial charge in [0.25, 0.3) is 0 Å². The van der Waals surface area contributed by atoms with E-state index < -0.39 is 0 Å². The molecule has 1 amide bonds. The molecule has 1 rings (SSSR count). The van der Waals surface area contributed by atoms with Gasteiger partial charge in [-0.15, -0.1) is 0 Å². The average Bonchev–Trinajstić information content (AvgIpc) is 2.29. The molecule has 0 spiro atoms. The molecule has 0 aromatic heterocycles. The lowest BCUT2D eigenvalue weighted by atomic mass is 9.85. The molecule has 0 atom stereocenters. The van der Waals surface area contributed by atoms with Gasteiger partial charge in [-0.25, -0.2) is 0 Å². The zero-order valence-electron chi connectivity index (χ0n) is 9.64. The lowest BCUT2D eigenvalue weighted by Gasteiger charge is -2.30. The highest BCUT2D eigenvalue weighted by Crippen LogP contribution is 2.24. The molecular formula is C11H22N2O3. The van der Waals surface area contributed by atoms with E-state index in [1.807, 2.05) is 0 Å². The maximum absolute atomic E-state index is 12.0. The van der Waals surface area contributed by atoms with Gasteiger partial charge in [-0.1, -0.05) is 0 Å². The maximum atomic E-state index is 12.0. The third kappa shape index (κ3) is 3.73. The topological polar surface area (TPSA) is 86.8 Å². The monoisotopic (exact) mass is 230 g/mol. The van der Waals surface area contributed by atoms with Crippen LogP contribution in [0, 0.1) is 5.92 Å². The van der Waals surface area contributed by atoms with Crippen molar-refractivity contribution < 1.29 is 15.0 Å². The van der Waals surface area contributed by atoms with Gasteiger partial charge in [0.1, 0.15) is 0 Å². The van der Waals surface area contributed by atoms with Gasteiger partial charge >= 0.3 is 0 Å². The van der Waals surface area contributed by atoms with E-state index >= 15 is 0 Å². The van der Waals surface area contributed by atoms with Crippen molar-refractivity contribution in [3.8, 4) is 0 Å². The molecule has 1 fully saturated rings. The quantitative estimate of drug-likeness (QED) is 0.584. The van der Waals surface area contributed by atoms with E-state index in [9.17, 15) is 4.79 Å². The van der Waals surface area contributed by atoms with Crippen molar-refractivity contribution in [1.82, 2.24) is 4.90 Å². The Morgan fingerprint density at radius 3 is 2.06 bits per heavy atom. The van der Waals surface area contributed by atoms with Crippen LogP contribution in [0.2, 0.25) is 0 Å². The summed E-state index contributed by atoms with van der Waals surface area (Å²) in [7, 11) is 0. The summed E-state index contributed by atoms with van der Waals surface area (Å²) in [6.45, 7) is 0.500. The lowest BCUT2D eigenvalue weighted by Crippen LogP contribution is -2.42. The second-order valence-corrected chi connectivity index (χ2v) is 4.38. The summed E-state index contributed by atoms with van der Waals surface area (Å²) in [5.74, 6) is 0.0768. The smallest absolute Gasteiger partial charge is 0.225 e. The fourth-order valence-corrected chi connectivity index (χ4v) is 2.20. The van der Waals surface area contributed by atoms with E-state index in [4.69, 9.17) is 15.9 Å². The van der Waals surface area contributed by atoms with Crippen LogP contribution in [0.1, 0.15) is 25.7 Å². The Bertz CT molecular complexity index is 209. The zero-order chi connectivity index (χ0) is 12.0. The van der Waals surface area contributed by atoms with Crippen LogP contribution in [-0.2, 0) is 4.79 Å². The molecule has 0 aromatic carbocycles. The minimum absolute atomic E-state index is 0.0258. The molecule has 1 aliphatic rings. The van der Waals surface area contributed by atoms with Crippen LogP contribution in [0.15, 0.2) is 0 Å². The van der Waals surface area contributed by atoms with Gasteiger partial charge in [-0.3, -0.25) is 4.79 Å². The number of nitrogens with two attached hydrogens (primary N) is 1. The third-order valence-corrected chi connectivity index (χ3v) is 3.17. The zero-order valence-corrected chi connectivity index (χ0v) is 9.64. The van der Waals surface area contributed by atoms with Gasteiger partial charge in [0, 0.05) is 25.0 Å². The molecular weight excluding hydrogens is 208 g/mol. The van der Waals surface area contributed by atoms with Crippen molar-refractivity contribution >= 4 is 5.91 Å². The molecule has 16 heavy (non-hydrogen) atoms. The van der Waals surface area contributed by atoms with Crippen LogP contribution < -0.4 is 5.73 Å². The van der Waals surface area contributed by atoms with E-state index in [2.05, 4.69) is 0 Å². The van der Waals surface area contributed by atoms with Crippen LogP contribution in [0.5, 0.6) is 0 Å². The number of hydrogen-bond acceptors (Lipinski definition) is 4. The first-order chi connectivity index (χ1) is 7.69. The summed E-state index contributed by atoms with van der Waals surface area (Å²) in [5, 5.41) is 17.7. The molecule has 1 saturated carbocycles. The summed E-state index contributed by atoms with van der Waals surface area (Å²) < 4.78 is 0. The van der Waals surface area contributed by atoms with Gasteiger partial charge in [-0.05, 0) is 25.7 Å². The van der Waals surface area contributed by atoms with Gasteiger partial charge in [-0.2, -0.15) is 0 Å². The molecule has 4 N–H and O–H groups in total. The largest absolute Gasteiger partial charge is 0.395 e. The first-order valence-corrected chi connectivity index (χ1v) is 5.95. The van der Waals surface area contributed by atoms with Gasteiger partial charge < -0.3 is 20.8 Å². The molecule has 5 heteroatoms. The summed E-state index contributed by atoms with van der Waals surface area (Å²) in [5.41, 5.74) is 5.79. The lowest BCUT2D eigenvalue weighted by molar-refractivity contribution is -0.137. The van der Waals surface area contributed by atoms with Crippen molar-refractivity contribution in [3.63, 3.8) is 0 Å². The fourth-order valence-electron chi connectivity index (χ4n) is 2.20. The molecule has 5 nitrogen and oxygen atoms in total. The minimum Gasteiger partial charge on any atom is -0.395 e. The average molecular weight is 230 g/mol. The number of carbonyl (C=O) groups excluding carboxylic acids is 1. The molecule has 0 heterocycles. The highest BCUT2D eigenvalue weighted by atomic mass is 16.3. The Morgan fingerprint density at radius 1 is 1.12 bits per heavy atom. The number of hydrogen-bond donors (Lipinski definition) is 3. The van der Waals surface area contributed by atoms with Crippen molar-refractivity contribution in [2.24, 2.45) is 11.7 Å². The minimum atomic E-state index is -0.0576. The molecule has 0 aliphatic heterocycles. The van der Waals surface area contributed by atoms with E-state index in [1.165, 1.54) is 0 Å². The van der Waals surface area contributed by atoms with Crippen molar-refractivity contribution in [2.75, 3.05) is 26.3 Å². The van der Waals surface area contributed by atoms with Crippen molar-refractivity contribution in [1.29, 1.82) is 0 Å². The predicted octanol–water partition coefficient (Wildman–Crippen LogP) is -0.683. The third-order valence-electron chi connectivity index (χ3n) is 3.17. The number of rotatable bonds is 5. The predicted molar refractivity (Wildman–Crippen MR) is 60.7 cm³/mol. The summed E-state index contributed by atoms with van der Waals surface area (Å²) in [6.07, 6.45) is 3.44. The highest BCUT2D eigenvalue weighted by molar-refractivity contribution is 5.79. The molecule has 94 valence electrons. The summed E-state index contributed by atoms with van der Waals surface area (Å²) >= 11 is 0. The Morgan fingerprint density at radius 2 is 1.62 bits per heavy atom. The molecule has 0 unspecified atom stereocenters. The normalized spacial score (nSPS) is 25.4. The highest BCUT2D eigenvalue weighted by Gasteiger charge is 2.27. The van der Waals surface area contributed by atoms with Crippen LogP contribution in [0.3, 0.4) is 0 Å². The van der Waals surface area contributed by atoms with Crippen LogP contribution in [0.4, 0.5) is 0 Å². The van der Waals surface area contributed by atoms with E-state index in [0.29, 0.717) is 13.1 Å². The molecule has 1 aliphatic carbocycles. The summed E-state index contributed by atoms with van der Waals surface area (Å²) in [4.78, 5) is 13.6. The van der Waals surface area contributed by atoms with Crippen LogP contribution in [0.25, 0.3) is 0 Å². The van der Waals surface area contributed by atoms with E-state index in [0.717, 1.165) is 25.7 Å². The van der Waals surface area contributed by atoms with E-state index in [-0.39, 0.29) is 31.1 Å². The Kier molecular flexibility index (Phi) is 5.73. The van der Waals surface area contributed by atoms with Crippen LogP contribution >= 0.6 is 0 Å².